The van der Waals surface area contributed by atoms with E-state index in [1.807, 2.05) is 0 Å². The Hall–Kier alpha value is -1.65. The molecule has 0 bridgehead atoms. The highest BCUT2D eigenvalue weighted by molar-refractivity contribution is 6.30. The third-order valence-corrected chi connectivity index (χ3v) is 2.46. The van der Waals surface area contributed by atoms with E-state index in [1.54, 1.807) is 30.5 Å². The molecular weight excluding hydrogens is 261 g/mol. The first-order valence-corrected chi connectivity index (χ1v) is 5.46. The van der Waals surface area contributed by atoms with E-state index in [9.17, 15) is 4.79 Å². The van der Waals surface area contributed by atoms with Crippen molar-refractivity contribution in [2.75, 3.05) is 0 Å². The molecule has 0 fully saturated rings. The molecule has 0 radical (unpaired) electrons. The quantitative estimate of drug-likeness (QED) is 0.635. The van der Waals surface area contributed by atoms with Gasteiger partial charge in [0.05, 0.1) is 11.9 Å². The average Bonchev–Trinajstić information content (AvgIpc) is 2.73. The maximum atomic E-state index is 10.3. The zero-order valence-electron chi connectivity index (χ0n) is 8.55. The van der Waals surface area contributed by atoms with Crippen LogP contribution in [-0.2, 0) is 4.79 Å². The molecule has 0 N–H and O–H groups in total. The second-order valence-electron chi connectivity index (χ2n) is 3.18. The molecule has 2 aromatic rings. The first-order valence-electron chi connectivity index (χ1n) is 4.70. The normalized spacial score (nSPS) is 10.9. The van der Waals surface area contributed by atoms with E-state index in [0.717, 1.165) is 11.3 Å². The number of rotatable bonds is 3. The van der Waals surface area contributed by atoms with Crippen LogP contribution in [0.25, 0.3) is 11.8 Å². The predicted octanol–water partition coefficient (Wildman–Crippen LogP) is 2.79. The van der Waals surface area contributed by atoms with Crippen molar-refractivity contribution < 1.29 is 4.79 Å². The Balaban J connectivity index is 2.52. The third-order valence-electron chi connectivity index (χ3n) is 2.06. The minimum atomic E-state index is 0.297. The summed E-state index contributed by atoms with van der Waals surface area (Å²) >= 11 is 11.6. The monoisotopic (exact) mass is 267 g/mol. The van der Waals surface area contributed by atoms with Crippen LogP contribution in [0, 0.1) is 0 Å². The molecular formula is C11H7Cl2N3O. The first-order chi connectivity index (χ1) is 8.20. The number of carbonyl (C=O) groups is 1. The van der Waals surface area contributed by atoms with Crippen LogP contribution < -0.4 is 0 Å². The molecule has 0 aliphatic heterocycles. The molecule has 1 aromatic heterocycles. The Morgan fingerprint density at radius 3 is 2.76 bits per heavy atom. The smallest absolute Gasteiger partial charge is 0.171 e. The summed E-state index contributed by atoms with van der Waals surface area (Å²) in [4.78, 5) is 10.3. The maximum Gasteiger partial charge on any atom is 0.171 e. The molecule has 1 aromatic carbocycles. The molecule has 1 heterocycles. The molecule has 17 heavy (non-hydrogen) atoms. The molecule has 0 aliphatic rings. The van der Waals surface area contributed by atoms with Crippen LogP contribution in [0.15, 0.2) is 30.5 Å². The largest absolute Gasteiger partial charge is 0.299 e. The summed E-state index contributed by atoms with van der Waals surface area (Å²) in [5.74, 6) is 0. The van der Waals surface area contributed by atoms with Gasteiger partial charge in [0.1, 0.15) is 6.29 Å². The van der Waals surface area contributed by atoms with E-state index >= 15 is 0 Å². The lowest BCUT2D eigenvalue weighted by molar-refractivity contribution is -0.104. The minimum absolute atomic E-state index is 0.297. The average molecular weight is 268 g/mol. The first kappa shape index (κ1) is 11.8. The number of halogens is 2. The van der Waals surface area contributed by atoms with Crippen LogP contribution in [-0.4, -0.2) is 21.3 Å². The van der Waals surface area contributed by atoms with Gasteiger partial charge in [0.15, 0.2) is 5.15 Å². The number of aromatic nitrogens is 3. The third kappa shape index (κ3) is 2.72. The van der Waals surface area contributed by atoms with Crippen molar-refractivity contribution in [1.29, 1.82) is 0 Å². The summed E-state index contributed by atoms with van der Waals surface area (Å²) in [7, 11) is 0. The molecule has 2 rings (SSSR count). The number of carbonyl (C=O) groups excluding carboxylic acids is 1. The molecule has 0 saturated carbocycles. The van der Waals surface area contributed by atoms with E-state index in [4.69, 9.17) is 23.2 Å². The zero-order valence-corrected chi connectivity index (χ0v) is 10.1. The molecule has 0 amide bonds. The standard InChI is InChI=1S/C11H7Cl2N3O/c12-9-3-4-10(8(6-9)2-1-5-17)16-7-11(13)14-15-16/h1-7H. The van der Waals surface area contributed by atoms with Crippen molar-refractivity contribution in [3.05, 3.63) is 46.2 Å². The fraction of sp³-hybridized carbons (Fsp3) is 0. The van der Waals surface area contributed by atoms with Gasteiger partial charge in [0.25, 0.3) is 0 Å². The SMILES string of the molecule is O=CC=Cc1cc(Cl)ccc1-n1cc(Cl)nn1. The van der Waals surface area contributed by atoms with Gasteiger partial charge >= 0.3 is 0 Å². The van der Waals surface area contributed by atoms with Crippen LogP contribution in [0.3, 0.4) is 0 Å². The van der Waals surface area contributed by atoms with Crippen LogP contribution in [0.2, 0.25) is 10.2 Å². The van der Waals surface area contributed by atoms with Gasteiger partial charge in [-0.1, -0.05) is 28.4 Å². The lowest BCUT2D eigenvalue weighted by Gasteiger charge is -2.05. The number of aldehydes is 1. The predicted molar refractivity (Wildman–Crippen MR) is 66.5 cm³/mol. The zero-order chi connectivity index (χ0) is 12.3. The van der Waals surface area contributed by atoms with Crippen molar-refractivity contribution in [1.82, 2.24) is 15.0 Å². The Bertz CT molecular complexity index is 578. The molecule has 0 unspecified atom stereocenters. The molecule has 86 valence electrons. The molecule has 0 saturated heterocycles. The van der Waals surface area contributed by atoms with E-state index in [2.05, 4.69) is 10.3 Å². The van der Waals surface area contributed by atoms with Gasteiger partial charge in [-0.25, -0.2) is 4.68 Å². The number of nitrogens with zero attached hydrogens (tertiary/aromatic N) is 3. The van der Waals surface area contributed by atoms with Crippen molar-refractivity contribution in [3.8, 4) is 5.69 Å². The van der Waals surface area contributed by atoms with Gasteiger partial charge in [-0.05, 0) is 30.4 Å². The summed E-state index contributed by atoms with van der Waals surface area (Å²) in [5, 5.41) is 8.41. The van der Waals surface area contributed by atoms with Gasteiger partial charge in [-0.15, -0.1) is 5.10 Å². The topological polar surface area (TPSA) is 47.8 Å². The summed E-state index contributed by atoms with van der Waals surface area (Å²) in [6, 6.07) is 5.23. The van der Waals surface area contributed by atoms with Crippen LogP contribution in [0.5, 0.6) is 0 Å². The maximum absolute atomic E-state index is 10.3. The fourth-order valence-corrected chi connectivity index (χ4v) is 1.68. The van der Waals surface area contributed by atoms with E-state index in [1.165, 1.54) is 10.8 Å². The summed E-state index contributed by atoms with van der Waals surface area (Å²) in [5.41, 5.74) is 1.50. The van der Waals surface area contributed by atoms with Crippen LogP contribution in [0.1, 0.15) is 5.56 Å². The Kier molecular flexibility index (Phi) is 3.56. The molecule has 0 aliphatic carbocycles. The van der Waals surface area contributed by atoms with E-state index in [0.29, 0.717) is 16.5 Å². The highest BCUT2D eigenvalue weighted by atomic mass is 35.5. The van der Waals surface area contributed by atoms with Crippen molar-refractivity contribution in [3.63, 3.8) is 0 Å². The summed E-state index contributed by atoms with van der Waals surface area (Å²) < 4.78 is 1.52. The Labute approximate surface area is 107 Å². The van der Waals surface area contributed by atoms with Crippen LogP contribution >= 0.6 is 23.2 Å². The number of hydrogen-bond acceptors (Lipinski definition) is 3. The summed E-state index contributed by atoms with van der Waals surface area (Å²) in [6.07, 6.45) is 5.29. The van der Waals surface area contributed by atoms with Gasteiger partial charge in [0.2, 0.25) is 0 Å². The van der Waals surface area contributed by atoms with Crippen molar-refractivity contribution >= 4 is 35.6 Å². The Morgan fingerprint density at radius 1 is 1.29 bits per heavy atom. The fourth-order valence-electron chi connectivity index (χ4n) is 1.37. The van der Waals surface area contributed by atoms with Gasteiger partial charge < -0.3 is 0 Å². The number of allylic oxidation sites excluding steroid dienone is 1. The second kappa shape index (κ2) is 5.12. The molecule has 0 atom stereocenters. The highest BCUT2D eigenvalue weighted by Gasteiger charge is 2.05. The number of benzene rings is 1. The van der Waals surface area contributed by atoms with E-state index in [-0.39, 0.29) is 0 Å². The second-order valence-corrected chi connectivity index (χ2v) is 4.01. The lowest BCUT2D eigenvalue weighted by atomic mass is 10.1. The Morgan fingerprint density at radius 2 is 2.12 bits per heavy atom. The molecule has 6 heteroatoms. The van der Waals surface area contributed by atoms with E-state index < -0.39 is 0 Å². The van der Waals surface area contributed by atoms with Crippen molar-refractivity contribution in [2.45, 2.75) is 0 Å². The highest BCUT2D eigenvalue weighted by Crippen LogP contribution is 2.21. The summed E-state index contributed by atoms with van der Waals surface area (Å²) in [6.45, 7) is 0. The molecule has 4 nitrogen and oxygen atoms in total. The lowest BCUT2D eigenvalue weighted by Crippen LogP contribution is -1.97. The van der Waals surface area contributed by atoms with Crippen molar-refractivity contribution in [2.24, 2.45) is 0 Å². The van der Waals surface area contributed by atoms with Gasteiger partial charge in [0, 0.05) is 10.6 Å². The molecule has 0 spiro atoms. The van der Waals surface area contributed by atoms with Gasteiger partial charge in [-0.3, -0.25) is 4.79 Å². The van der Waals surface area contributed by atoms with Crippen LogP contribution in [0.4, 0.5) is 0 Å². The minimum Gasteiger partial charge on any atom is -0.299 e. The number of hydrogen-bond donors (Lipinski definition) is 0. The van der Waals surface area contributed by atoms with Gasteiger partial charge in [-0.2, -0.15) is 0 Å².